The molecule has 1 saturated carbocycles. The number of ether oxygens (including phenoxy) is 2. The predicted octanol–water partition coefficient (Wildman–Crippen LogP) is 3.13. The molecule has 1 aliphatic carbocycles. The molecule has 1 aromatic rings. The number of methoxy groups -OCH3 is 2. The highest BCUT2D eigenvalue weighted by Gasteiger charge is 2.44. The summed E-state index contributed by atoms with van der Waals surface area (Å²) in [5.41, 5.74) is 1.77. The molecule has 1 atom stereocenters. The number of rotatable bonds is 8. The highest BCUT2D eigenvalue weighted by molar-refractivity contribution is 5.88. The first-order chi connectivity index (χ1) is 12.4. The van der Waals surface area contributed by atoms with Crippen LogP contribution in [0.25, 0.3) is 0 Å². The van der Waals surface area contributed by atoms with Crippen molar-refractivity contribution in [2.75, 3.05) is 27.9 Å². The Hall–Kier alpha value is -1.88. The van der Waals surface area contributed by atoms with E-state index in [1.807, 2.05) is 31.2 Å². The molecule has 1 unspecified atom stereocenters. The molecule has 0 saturated heterocycles. The van der Waals surface area contributed by atoms with Gasteiger partial charge in [0.1, 0.15) is 6.04 Å². The van der Waals surface area contributed by atoms with Crippen molar-refractivity contribution in [2.45, 2.75) is 51.5 Å². The minimum absolute atomic E-state index is 0.0366. The summed E-state index contributed by atoms with van der Waals surface area (Å²) >= 11 is 0. The summed E-state index contributed by atoms with van der Waals surface area (Å²) in [5, 5.41) is 0. The lowest BCUT2D eigenvalue weighted by Gasteiger charge is -2.35. The van der Waals surface area contributed by atoms with Crippen molar-refractivity contribution in [1.82, 2.24) is 4.90 Å². The zero-order chi connectivity index (χ0) is 19.2. The molecule has 0 aliphatic heterocycles. The van der Waals surface area contributed by atoms with E-state index in [-0.39, 0.29) is 11.9 Å². The van der Waals surface area contributed by atoms with Gasteiger partial charge in [-0.15, -0.1) is 0 Å². The second-order valence-electron chi connectivity index (χ2n) is 7.37. The molecule has 5 nitrogen and oxygen atoms in total. The SMILES string of the molecule is COCCC1(C(=O)N(C)C(Cc2ccc(C)cc2)C(=O)OC)CCCC1. The zero-order valence-corrected chi connectivity index (χ0v) is 16.4. The van der Waals surface area contributed by atoms with Gasteiger partial charge in [-0.05, 0) is 31.7 Å². The van der Waals surface area contributed by atoms with E-state index >= 15 is 0 Å². The molecule has 26 heavy (non-hydrogen) atoms. The largest absolute Gasteiger partial charge is 0.467 e. The van der Waals surface area contributed by atoms with E-state index in [4.69, 9.17) is 9.47 Å². The average molecular weight is 361 g/mol. The van der Waals surface area contributed by atoms with Crippen molar-refractivity contribution >= 4 is 11.9 Å². The second-order valence-corrected chi connectivity index (χ2v) is 7.37. The highest BCUT2D eigenvalue weighted by atomic mass is 16.5. The number of amides is 1. The minimum atomic E-state index is -0.616. The number of carbonyl (C=O) groups is 2. The van der Waals surface area contributed by atoms with E-state index in [9.17, 15) is 9.59 Å². The van der Waals surface area contributed by atoms with Gasteiger partial charge >= 0.3 is 5.97 Å². The summed E-state index contributed by atoms with van der Waals surface area (Å²) in [6.07, 6.45) is 4.96. The molecule has 1 amide bonds. The molecule has 0 radical (unpaired) electrons. The maximum absolute atomic E-state index is 13.3. The lowest BCUT2D eigenvalue weighted by molar-refractivity contribution is -0.156. The summed E-state index contributed by atoms with van der Waals surface area (Å²) in [4.78, 5) is 27.4. The predicted molar refractivity (Wildman–Crippen MR) is 101 cm³/mol. The fourth-order valence-corrected chi connectivity index (χ4v) is 3.90. The summed E-state index contributed by atoms with van der Waals surface area (Å²) in [5.74, 6) is -0.337. The van der Waals surface area contributed by atoms with Crippen molar-refractivity contribution in [3.63, 3.8) is 0 Å². The molecular weight excluding hydrogens is 330 g/mol. The molecule has 1 aliphatic rings. The zero-order valence-electron chi connectivity index (χ0n) is 16.4. The fraction of sp³-hybridized carbons (Fsp3) is 0.619. The highest BCUT2D eigenvalue weighted by Crippen LogP contribution is 2.43. The van der Waals surface area contributed by atoms with Crippen LogP contribution in [0.5, 0.6) is 0 Å². The summed E-state index contributed by atoms with van der Waals surface area (Å²) in [7, 11) is 4.76. The number of carbonyl (C=O) groups excluding carboxylic acids is 2. The van der Waals surface area contributed by atoms with Gasteiger partial charge in [-0.2, -0.15) is 0 Å². The topological polar surface area (TPSA) is 55.8 Å². The summed E-state index contributed by atoms with van der Waals surface area (Å²) < 4.78 is 10.2. The Morgan fingerprint density at radius 2 is 1.77 bits per heavy atom. The number of likely N-dealkylation sites (N-methyl/N-ethyl adjacent to an activating group) is 1. The third-order valence-corrected chi connectivity index (χ3v) is 5.61. The van der Waals surface area contributed by atoms with Gasteiger partial charge in [0, 0.05) is 27.2 Å². The third kappa shape index (κ3) is 4.64. The van der Waals surface area contributed by atoms with Crippen LogP contribution in [-0.2, 0) is 25.5 Å². The molecular formula is C21H31NO4. The van der Waals surface area contributed by atoms with Crippen molar-refractivity contribution in [1.29, 1.82) is 0 Å². The van der Waals surface area contributed by atoms with Gasteiger partial charge in [0.15, 0.2) is 0 Å². The molecule has 1 aromatic carbocycles. The normalized spacial score (nSPS) is 16.9. The first-order valence-corrected chi connectivity index (χ1v) is 9.33. The summed E-state index contributed by atoms with van der Waals surface area (Å²) in [6, 6.07) is 7.42. The number of benzene rings is 1. The maximum atomic E-state index is 13.3. The van der Waals surface area contributed by atoms with Crippen LogP contribution in [0.4, 0.5) is 0 Å². The smallest absolute Gasteiger partial charge is 0.328 e. The molecule has 144 valence electrons. The fourth-order valence-electron chi connectivity index (χ4n) is 3.90. The number of aryl methyl sites for hydroxylation is 1. The van der Waals surface area contributed by atoms with Crippen LogP contribution < -0.4 is 0 Å². The van der Waals surface area contributed by atoms with Gasteiger partial charge in [-0.3, -0.25) is 4.79 Å². The van der Waals surface area contributed by atoms with Gasteiger partial charge < -0.3 is 14.4 Å². The number of nitrogens with zero attached hydrogens (tertiary/aromatic N) is 1. The Morgan fingerprint density at radius 3 is 2.31 bits per heavy atom. The van der Waals surface area contributed by atoms with Gasteiger partial charge in [0.25, 0.3) is 0 Å². The Balaban J connectivity index is 2.21. The molecule has 0 aromatic heterocycles. The standard InChI is InChI=1S/C21H31NO4/c1-16-7-9-17(10-8-16)15-18(19(23)26-4)22(2)20(24)21(13-14-25-3)11-5-6-12-21/h7-10,18H,5-6,11-15H2,1-4H3. The van der Waals surface area contributed by atoms with Gasteiger partial charge in [-0.1, -0.05) is 42.7 Å². The van der Waals surface area contributed by atoms with Crippen LogP contribution in [0, 0.1) is 12.3 Å². The summed E-state index contributed by atoms with van der Waals surface area (Å²) in [6.45, 7) is 2.58. The number of hydrogen-bond donors (Lipinski definition) is 0. The Morgan fingerprint density at radius 1 is 1.15 bits per heavy atom. The van der Waals surface area contributed by atoms with E-state index in [0.29, 0.717) is 19.4 Å². The van der Waals surface area contributed by atoms with E-state index in [1.54, 1.807) is 19.1 Å². The van der Waals surface area contributed by atoms with Crippen LogP contribution in [-0.4, -0.2) is 50.7 Å². The first kappa shape index (κ1) is 20.4. The number of hydrogen-bond acceptors (Lipinski definition) is 4. The van der Waals surface area contributed by atoms with Crippen LogP contribution in [0.15, 0.2) is 24.3 Å². The molecule has 5 heteroatoms. The van der Waals surface area contributed by atoms with E-state index < -0.39 is 11.5 Å². The molecule has 0 heterocycles. The monoisotopic (exact) mass is 361 g/mol. The molecule has 0 bridgehead atoms. The molecule has 0 spiro atoms. The van der Waals surface area contributed by atoms with E-state index in [2.05, 4.69) is 0 Å². The Labute approximate surface area is 156 Å². The van der Waals surface area contributed by atoms with Crippen LogP contribution in [0.2, 0.25) is 0 Å². The van der Waals surface area contributed by atoms with Crippen LogP contribution in [0.1, 0.15) is 43.2 Å². The van der Waals surface area contributed by atoms with E-state index in [1.165, 1.54) is 7.11 Å². The van der Waals surface area contributed by atoms with Gasteiger partial charge in [0.05, 0.1) is 12.5 Å². The lowest BCUT2D eigenvalue weighted by Crippen LogP contribution is -2.50. The maximum Gasteiger partial charge on any atom is 0.328 e. The number of esters is 1. The minimum Gasteiger partial charge on any atom is -0.467 e. The Bertz CT molecular complexity index is 605. The van der Waals surface area contributed by atoms with Crippen molar-refractivity contribution in [3.05, 3.63) is 35.4 Å². The van der Waals surface area contributed by atoms with E-state index in [0.717, 1.165) is 36.8 Å². The molecule has 0 N–H and O–H groups in total. The Kier molecular flexibility index (Phi) is 7.21. The van der Waals surface area contributed by atoms with Gasteiger partial charge in [0.2, 0.25) is 5.91 Å². The van der Waals surface area contributed by atoms with Crippen molar-refractivity contribution in [2.24, 2.45) is 5.41 Å². The van der Waals surface area contributed by atoms with Crippen molar-refractivity contribution < 1.29 is 19.1 Å². The molecule has 2 rings (SSSR count). The third-order valence-electron chi connectivity index (χ3n) is 5.61. The second kappa shape index (κ2) is 9.17. The lowest BCUT2D eigenvalue weighted by atomic mass is 9.81. The van der Waals surface area contributed by atoms with Crippen molar-refractivity contribution in [3.8, 4) is 0 Å². The van der Waals surface area contributed by atoms with Gasteiger partial charge in [-0.25, -0.2) is 4.79 Å². The first-order valence-electron chi connectivity index (χ1n) is 9.33. The molecule has 1 fully saturated rings. The average Bonchev–Trinajstić information content (AvgIpc) is 3.14. The van der Waals surface area contributed by atoms with Crippen LogP contribution in [0.3, 0.4) is 0 Å². The quantitative estimate of drug-likeness (QED) is 0.668. The van der Waals surface area contributed by atoms with Crippen LogP contribution >= 0.6 is 0 Å².